The van der Waals surface area contributed by atoms with Crippen molar-refractivity contribution in [3.05, 3.63) is 35.9 Å². The topological polar surface area (TPSA) is 35.0 Å². The van der Waals surface area contributed by atoms with Crippen molar-refractivity contribution in [2.75, 3.05) is 0 Å². The Morgan fingerprint density at radius 2 is 1.60 bits per heavy atom. The molecule has 0 aromatic heterocycles. The first-order valence-electron chi connectivity index (χ1n) is 2.97. The van der Waals surface area contributed by atoms with Crippen LogP contribution in [-0.2, 0) is 6.42 Å². The van der Waals surface area contributed by atoms with Gasteiger partial charge in [-0.1, -0.05) is 44.7 Å². The van der Waals surface area contributed by atoms with Gasteiger partial charge in [0.1, 0.15) is 0 Å². The first kappa shape index (κ1) is 11.9. The standard InChI is InChI=1S/C8H10.CH4.H3N/c1-2-8-6-4-3-5-7-8;;/h3-7H,2H2,1H3;1H4;1H3. The summed E-state index contributed by atoms with van der Waals surface area (Å²) in [6, 6.07) is 10.5. The first-order chi connectivity index (χ1) is 3.93. The van der Waals surface area contributed by atoms with Crippen molar-refractivity contribution < 1.29 is 0 Å². The molecule has 0 spiro atoms. The average Bonchev–Trinajstić information content (AvgIpc) is 1.90. The summed E-state index contributed by atoms with van der Waals surface area (Å²) in [6.45, 7) is 2.16. The van der Waals surface area contributed by atoms with Crippen LogP contribution in [0.2, 0.25) is 0 Å². The molecule has 0 fully saturated rings. The molecule has 3 N–H and O–H groups in total. The third-order valence-corrected chi connectivity index (χ3v) is 1.25. The lowest BCUT2D eigenvalue weighted by atomic mass is 10.2. The predicted octanol–water partition coefficient (Wildman–Crippen LogP) is 3.05. The molecule has 10 heavy (non-hydrogen) atoms. The largest absolute Gasteiger partial charge is 0.344 e. The molecule has 1 heteroatoms. The molecule has 1 nitrogen and oxygen atoms in total. The summed E-state index contributed by atoms with van der Waals surface area (Å²) < 4.78 is 0. The maximum absolute atomic E-state index is 2.16. The zero-order chi connectivity index (χ0) is 5.82. The van der Waals surface area contributed by atoms with Crippen LogP contribution >= 0.6 is 0 Å². The Morgan fingerprint density at radius 1 is 1.10 bits per heavy atom. The van der Waals surface area contributed by atoms with E-state index in [9.17, 15) is 0 Å². The summed E-state index contributed by atoms with van der Waals surface area (Å²) in [5.74, 6) is 0. The summed E-state index contributed by atoms with van der Waals surface area (Å²) in [6.07, 6.45) is 1.14. The zero-order valence-electron chi connectivity index (χ0n) is 5.80. The number of hydrogen-bond acceptors (Lipinski definition) is 1. The minimum atomic E-state index is 0. The Labute approximate surface area is 63.7 Å². The van der Waals surface area contributed by atoms with Crippen LogP contribution in [0.5, 0.6) is 0 Å². The second kappa shape index (κ2) is 6.30. The van der Waals surface area contributed by atoms with Crippen molar-refractivity contribution in [2.24, 2.45) is 0 Å². The second-order valence-corrected chi connectivity index (χ2v) is 1.84. The average molecular weight is 139 g/mol. The minimum absolute atomic E-state index is 0. The van der Waals surface area contributed by atoms with Gasteiger partial charge in [0.15, 0.2) is 0 Å². The SMILES string of the molecule is C.CCc1ccccc1.N. The van der Waals surface area contributed by atoms with Crippen molar-refractivity contribution >= 4 is 0 Å². The highest BCUT2D eigenvalue weighted by Gasteiger charge is 1.79. The van der Waals surface area contributed by atoms with Gasteiger partial charge in [-0.15, -0.1) is 0 Å². The van der Waals surface area contributed by atoms with Crippen molar-refractivity contribution in [3.8, 4) is 0 Å². The van der Waals surface area contributed by atoms with Gasteiger partial charge in [0.25, 0.3) is 0 Å². The Kier molecular flexibility index (Phi) is 7.51. The molecule has 1 rings (SSSR count). The summed E-state index contributed by atoms with van der Waals surface area (Å²) in [4.78, 5) is 0. The third-order valence-electron chi connectivity index (χ3n) is 1.25. The summed E-state index contributed by atoms with van der Waals surface area (Å²) in [5, 5.41) is 0. The molecular weight excluding hydrogens is 122 g/mol. The fourth-order valence-electron chi connectivity index (χ4n) is 0.714. The van der Waals surface area contributed by atoms with Crippen LogP contribution in [0.15, 0.2) is 30.3 Å². The minimum Gasteiger partial charge on any atom is -0.344 e. The Bertz CT molecular complexity index is 146. The van der Waals surface area contributed by atoms with Gasteiger partial charge in [-0.25, -0.2) is 0 Å². The lowest BCUT2D eigenvalue weighted by Crippen LogP contribution is -1.73. The van der Waals surface area contributed by atoms with Crippen LogP contribution in [0.4, 0.5) is 0 Å². The van der Waals surface area contributed by atoms with Gasteiger partial charge in [0.2, 0.25) is 0 Å². The van der Waals surface area contributed by atoms with Crippen LogP contribution in [-0.4, -0.2) is 0 Å². The van der Waals surface area contributed by atoms with Crippen LogP contribution in [0.25, 0.3) is 0 Å². The second-order valence-electron chi connectivity index (χ2n) is 1.84. The lowest BCUT2D eigenvalue weighted by Gasteiger charge is -1.89. The van der Waals surface area contributed by atoms with Crippen molar-refractivity contribution in [3.63, 3.8) is 0 Å². The van der Waals surface area contributed by atoms with Crippen molar-refractivity contribution in [1.82, 2.24) is 6.15 Å². The van der Waals surface area contributed by atoms with E-state index < -0.39 is 0 Å². The molecule has 0 saturated carbocycles. The first-order valence-corrected chi connectivity index (χ1v) is 2.97. The fourth-order valence-corrected chi connectivity index (χ4v) is 0.714. The number of rotatable bonds is 1. The molecule has 1 aromatic rings. The van der Waals surface area contributed by atoms with Gasteiger partial charge >= 0.3 is 0 Å². The molecule has 0 unspecified atom stereocenters. The van der Waals surface area contributed by atoms with E-state index >= 15 is 0 Å². The highest BCUT2D eigenvalue weighted by Crippen LogP contribution is 1.96. The van der Waals surface area contributed by atoms with Crippen molar-refractivity contribution in [1.29, 1.82) is 0 Å². The van der Waals surface area contributed by atoms with Gasteiger partial charge in [0.05, 0.1) is 0 Å². The molecule has 0 heterocycles. The number of hydrogen-bond donors (Lipinski definition) is 1. The summed E-state index contributed by atoms with van der Waals surface area (Å²) in [5.41, 5.74) is 1.41. The Morgan fingerprint density at radius 3 is 1.90 bits per heavy atom. The van der Waals surface area contributed by atoms with E-state index in [-0.39, 0.29) is 13.6 Å². The van der Waals surface area contributed by atoms with Crippen LogP contribution in [0.1, 0.15) is 19.9 Å². The van der Waals surface area contributed by atoms with E-state index in [2.05, 4.69) is 31.2 Å². The highest BCUT2D eigenvalue weighted by molar-refractivity contribution is 5.13. The van der Waals surface area contributed by atoms with E-state index in [0.29, 0.717) is 0 Å². The summed E-state index contributed by atoms with van der Waals surface area (Å²) >= 11 is 0. The van der Waals surface area contributed by atoms with Crippen LogP contribution < -0.4 is 6.15 Å². The van der Waals surface area contributed by atoms with Gasteiger partial charge in [-0.05, 0) is 12.0 Å². The molecule has 1 aromatic carbocycles. The zero-order valence-corrected chi connectivity index (χ0v) is 5.80. The monoisotopic (exact) mass is 139 g/mol. The van der Waals surface area contributed by atoms with E-state index in [1.807, 2.05) is 6.07 Å². The van der Waals surface area contributed by atoms with E-state index in [1.54, 1.807) is 0 Å². The number of benzene rings is 1. The van der Waals surface area contributed by atoms with Gasteiger partial charge < -0.3 is 6.15 Å². The molecule has 0 amide bonds. The van der Waals surface area contributed by atoms with Crippen molar-refractivity contribution in [2.45, 2.75) is 20.8 Å². The van der Waals surface area contributed by atoms with Crippen LogP contribution in [0.3, 0.4) is 0 Å². The van der Waals surface area contributed by atoms with Gasteiger partial charge in [0, 0.05) is 0 Å². The molecule has 0 aliphatic heterocycles. The molecular formula is C9H17N. The van der Waals surface area contributed by atoms with E-state index in [0.717, 1.165) is 6.42 Å². The molecule has 0 aliphatic rings. The van der Waals surface area contributed by atoms with Crippen LogP contribution in [0, 0.1) is 0 Å². The predicted molar refractivity (Wildman–Crippen MR) is 47.6 cm³/mol. The molecule has 0 aliphatic carbocycles. The normalized spacial score (nSPS) is 7.30. The molecule has 58 valence electrons. The van der Waals surface area contributed by atoms with E-state index in [4.69, 9.17) is 0 Å². The quantitative estimate of drug-likeness (QED) is 0.637. The summed E-state index contributed by atoms with van der Waals surface area (Å²) in [7, 11) is 0. The Hall–Kier alpha value is -0.820. The third kappa shape index (κ3) is 3.25. The molecule has 0 radical (unpaired) electrons. The maximum atomic E-state index is 2.16. The molecule has 0 bridgehead atoms. The fraction of sp³-hybridized carbons (Fsp3) is 0.333. The number of aryl methyl sites for hydroxylation is 1. The smallest absolute Gasteiger partial charge is 0.0307 e. The molecule has 0 atom stereocenters. The maximum Gasteiger partial charge on any atom is -0.0307 e. The lowest BCUT2D eigenvalue weighted by molar-refractivity contribution is 1.14. The highest BCUT2D eigenvalue weighted by atomic mass is 14.0. The Balaban J connectivity index is 0. The molecule has 0 saturated heterocycles. The van der Waals surface area contributed by atoms with E-state index in [1.165, 1.54) is 5.56 Å². The van der Waals surface area contributed by atoms with Gasteiger partial charge in [-0.2, -0.15) is 0 Å². The van der Waals surface area contributed by atoms with Gasteiger partial charge in [-0.3, -0.25) is 0 Å².